The number of primary sulfonamides is 1. The first-order valence-electron chi connectivity index (χ1n) is 10.8. The molecule has 0 saturated carbocycles. The average molecular weight is 500 g/mol. The number of hydrogen-bond donors (Lipinski definition) is 1. The van der Waals surface area contributed by atoms with Crippen molar-refractivity contribution in [1.29, 1.82) is 0 Å². The van der Waals surface area contributed by atoms with Crippen molar-refractivity contribution in [2.75, 3.05) is 14.2 Å². The summed E-state index contributed by atoms with van der Waals surface area (Å²) < 4.78 is 39.8. The number of amides is 1. The molecular formula is C25H29N3O6S. The van der Waals surface area contributed by atoms with Gasteiger partial charge >= 0.3 is 0 Å². The van der Waals surface area contributed by atoms with Crippen molar-refractivity contribution in [3.8, 4) is 11.5 Å². The second-order valence-corrected chi connectivity index (χ2v) is 9.64. The number of sulfonamides is 1. The largest absolute Gasteiger partial charge is 0.493 e. The molecule has 0 aliphatic heterocycles. The van der Waals surface area contributed by atoms with Crippen LogP contribution >= 0.6 is 0 Å². The summed E-state index contributed by atoms with van der Waals surface area (Å²) in [6.07, 6.45) is 3.12. The molecule has 0 aliphatic carbocycles. The maximum Gasteiger partial charge on any atom is 0.246 e. The molecule has 0 aliphatic rings. The lowest BCUT2D eigenvalue weighted by Gasteiger charge is -2.24. The molecule has 0 bridgehead atoms. The van der Waals surface area contributed by atoms with Crippen molar-refractivity contribution < 1.29 is 27.2 Å². The van der Waals surface area contributed by atoms with Crippen molar-refractivity contribution in [2.45, 2.75) is 38.3 Å². The van der Waals surface area contributed by atoms with Gasteiger partial charge < -0.3 is 18.9 Å². The summed E-state index contributed by atoms with van der Waals surface area (Å²) in [4.78, 5) is 14.3. The maximum atomic E-state index is 12.8. The molecule has 1 unspecified atom stereocenters. The van der Waals surface area contributed by atoms with Gasteiger partial charge in [-0.1, -0.05) is 23.4 Å². The fourth-order valence-corrected chi connectivity index (χ4v) is 3.98. The zero-order chi connectivity index (χ0) is 25.8. The fourth-order valence-electron chi connectivity index (χ4n) is 3.42. The SMILES string of the molecule is COc1cc(/C=C/C(=O)N(C)C(C)c2cccc(S(N)(=O)=O)c2)ccc1OCc1c(C)noc1C. The van der Waals surface area contributed by atoms with Crippen LogP contribution in [0.5, 0.6) is 11.5 Å². The van der Waals surface area contributed by atoms with Gasteiger partial charge in [-0.3, -0.25) is 4.79 Å². The maximum absolute atomic E-state index is 12.8. The third-order valence-corrected chi connectivity index (χ3v) is 6.67. The van der Waals surface area contributed by atoms with E-state index in [1.165, 1.54) is 23.1 Å². The van der Waals surface area contributed by atoms with E-state index in [1.807, 2.05) is 26.8 Å². The second-order valence-electron chi connectivity index (χ2n) is 8.08. The molecule has 2 aromatic carbocycles. The summed E-state index contributed by atoms with van der Waals surface area (Å²) in [5.41, 5.74) is 3.06. The number of ether oxygens (including phenoxy) is 2. The molecule has 10 heteroatoms. The van der Waals surface area contributed by atoms with E-state index >= 15 is 0 Å². The van der Waals surface area contributed by atoms with Crippen LogP contribution in [0.4, 0.5) is 0 Å². The minimum atomic E-state index is -3.83. The van der Waals surface area contributed by atoms with E-state index in [-0.39, 0.29) is 16.8 Å². The number of likely N-dealkylation sites (N-methyl/N-ethyl adjacent to an activating group) is 1. The van der Waals surface area contributed by atoms with E-state index in [4.69, 9.17) is 19.1 Å². The number of carbonyl (C=O) groups excluding carboxylic acids is 1. The van der Waals surface area contributed by atoms with Gasteiger partial charge in [0.25, 0.3) is 0 Å². The van der Waals surface area contributed by atoms with Crippen LogP contribution in [0, 0.1) is 13.8 Å². The van der Waals surface area contributed by atoms with Gasteiger partial charge in [0.15, 0.2) is 11.5 Å². The van der Waals surface area contributed by atoms with Gasteiger partial charge in [-0.2, -0.15) is 0 Å². The molecule has 1 aromatic heterocycles. The van der Waals surface area contributed by atoms with Crippen molar-refractivity contribution >= 4 is 22.0 Å². The minimum absolute atomic E-state index is 0.00185. The number of hydrogen-bond acceptors (Lipinski definition) is 7. The first-order valence-corrected chi connectivity index (χ1v) is 12.4. The normalized spacial score (nSPS) is 12.5. The van der Waals surface area contributed by atoms with Crippen LogP contribution < -0.4 is 14.6 Å². The Hall–Kier alpha value is -3.63. The average Bonchev–Trinajstić information content (AvgIpc) is 3.16. The van der Waals surface area contributed by atoms with E-state index in [9.17, 15) is 13.2 Å². The Morgan fingerprint density at radius 1 is 1.20 bits per heavy atom. The lowest BCUT2D eigenvalue weighted by atomic mass is 10.1. The van der Waals surface area contributed by atoms with Crippen molar-refractivity contribution in [3.63, 3.8) is 0 Å². The predicted molar refractivity (Wildman–Crippen MR) is 131 cm³/mol. The molecule has 9 nitrogen and oxygen atoms in total. The third kappa shape index (κ3) is 6.28. The monoisotopic (exact) mass is 499 g/mol. The molecule has 1 atom stereocenters. The number of rotatable bonds is 9. The molecule has 1 heterocycles. The second kappa shape index (κ2) is 10.7. The Bertz CT molecular complexity index is 1330. The number of aryl methyl sites for hydroxylation is 2. The van der Waals surface area contributed by atoms with Gasteiger partial charge in [-0.15, -0.1) is 0 Å². The molecule has 3 aromatic rings. The highest BCUT2D eigenvalue weighted by atomic mass is 32.2. The fraction of sp³-hybridized carbons (Fsp3) is 0.280. The summed E-state index contributed by atoms with van der Waals surface area (Å²) in [6, 6.07) is 11.2. The topological polar surface area (TPSA) is 125 Å². The van der Waals surface area contributed by atoms with Gasteiger partial charge in [0.1, 0.15) is 12.4 Å². The van der Waals surface area contributed by atoms with Gasteiger partial charge in [-0.25, -0.2) is 13.6 Å². The van der Waals surface area contributed by atoms with Crippen molar-refractivity contribution in [1.82, 2.24) is 10.1 Å². The molecule has 0 radical (unpaired) electrons. The molecule has 0 spiro atoms. The summed E-state index contributed by atoms with van der Waals surface area (Å²) in [5, 5.41) is 9.14. The number of benzene rings is 2. The molecule has 186 valence electrons. The summed E-state index contributed by atoms with van der Waals surface area (Å²) in [5.74, 6) is 1.52. The standard InChI is InChI=1S/C25H29N3O6S/c1-16-22(18(3)34-27-16)15-33-23-11-9-19(13-24(23)32-5)10-12-25(29)28(4)17(2)20-7-6-8-21(14-20)35(26,30)31/h6-14,17H,15H2,1-5H3,(H2,26,30,31)/b12-10+. The molecular weight excluding hydrogens is 470 g/mol. The number of aromatic nitrogens is 1. The quantitative estimate of drug-likeness (QED) is 0.444. The van der Waals surface area contributed by atoms with Crippen molar-refractivity contribution in [3.05, 3.63) is 76.7 Å². The Morgan fingerprint density at radius 2 is 1.94 bits per heavy atom. The van der Waals surface area contributed by atoms with Crippen LogP contribution in [-0.4, -0.2) is 38.5 Å². The highest BCUT2D eigenvalue weighted by Crippen LogP contribution is 2.30. The lowest BCUT2D eigenvalue weighted by molar-refractivity contribution is -0.126. The third-order valence-electron chi connectivity index (χ3n) is 5.76. The summed E-state index contributed by atoms with van der Waals surface area (Å²) >= 11 is 0. The molecule has 1 amide bonds. The molecule has 3 rings (SSSR count). The molecule has 35 heavy (non-hydrogen) atoms. The zero-order valence-corrected chi connectivity index (χ0v) is 21.1. The number of carbonyl (C=O) groups is 1. The molecule has 0 saturated heterocycles. The summed E-state index contributed by atoms with van der Waals surface area (Å²) in [7, 11) is -0.640. The highest BCUT2D eigenvalue weighted by molar-refractivity contribution is 7.89. The first kappa shape index (κ1) is 26.0. The van der Waals surface area contributed by atoms with Crippen LogP contribution in [0.25, 0.3) is 6.08 Å². The lowest BCUT2D eigenvalue weighted by Crippen LogP contribution is -2.28. The molecule has 0 fully saturated rings. The predicted octanol–water partition coefficient (Wildman–Crippen LogP) is 3.76. The van der Waals surface area contributed by atoms with Gasteiger partial charge in [-0.05, 0) is 62.2 Å². The van der Waals surface area contributed by atoms with E-state index < -0.39 is 10.0 Å². The van der Waals surface area contributed by atoms with E-state index in [0.29, 0.717) is 29.4 Å². The van der Waals surface area contributed by atoms with Gasteiger partial charge in [0.2, 0.25) is 15.9 Å². The van der Waals surface area contributed by atoms with E-state index in [1.54, 1.807) is 44.5 Å². The number of methoxy groups -OCH3 is 1. The summed E-state index contributed by atoms with van der Waals surface area (Å²) in [6.45, 7) is 5.78. The van der Waals surface area contributed by atoms with Crippen LogP contribution in [0.3, 0.4) is 0 Å². The van der Waals surface area contributed by atoms with E-state index in [2.05, 4.69) is 5.16 Å². The van der Waals surface area contributed by atoms with Crippen molar-refractivity contribution in [2.24, 2.45) is 5.14 Å². The highest BCUT2D eigenvalue weighted by Gasteiger charge is 2.18. The molecule has 2 N–H and O–H groups in total. The zero-order valence-electron chi connectivity index (χ0n) is 20.3. The van der Waals surface area contributed by atoms with Crippen LogP contribution in [-0.2, 0) is 21.4 Å². The van der Waals surface area contributed by atoms with Crippen LogP contribution in [0.2, 0.25) is 0 Å². The minimum Gasteiger partial charge on any atom is -0.493 e. The smallest absolute Gasteiger partial charge is 0.246 e. The Kier molecular flexibility index (Phi) is 7.98. The van der Waals surface area contributed by atoms with Crippen LogP contribution in [0.1, 0.15) is 41.1 Å². The Morgan fingerprint density at radius 3 is 2.57 bits per heavy atom. The van der Waals surface area contributed by atoms with Gasteiger partial charge in [0.05, 0.1) is 29.3 Å². The Balaban J connectivity index is 1.70. The number of nitrogens with zero attached hydrogens (tertiary/aromatic N) is 2. The Labute approximate surface area is 205 Å². The van der Waals surface area contributed by atoms with Crippen LogP contribution in [0.15, 0.2) is 58.0 Å². The first-order chi connectivity index (χ1) is 16.5. The van der Waals surface area contributed by atoms with E-state index in [0.717, 1.165) is 16.8 Å². The van der Waals surface area contributed by atoms with Gasteiger partial charge in [0, 0.05) is 13.1 Å². The number of nitrogens with two attached hydrogens (primary N) is 1.